The number of hydrogen-bond acceptors (Lipinski definition) is 3. The standard InChI is InChI=1S/C13H17NO4/c1-9(6-12(15)16)13(17)14-8-10-4-3-5-11(7-10)18-2/h3-5,7,9H,6,8H2,1-2H3,(H,14,17)(H,15,16). The third-order valence-corrected chi connectivity index (χ3v) is 2.53. The summed E-state index contributed by atoms with van der Waals surface area (Å²) in [4.78, 5) is 22.1. The number of hydrogen-bond donors (Lipinski definition) is 2. The first-order valence-corrected chi connectivity index (χ1v) is 5.65. The van der Waals surface area contributed by atoms with Crippen LogP contribution in [0.15, 0.2) is 24.3 Å². The van der Waals surface area contributed by atoms with Crippen molar-refractivity contribution in [1.82, 2.24) is 5.32 Å². The molecule has 0 heterocycles. The van der Waals surface area contributed by atoms with E-state index in [1.54, 1.807) is 14.0 Å². The number of ether oxygens (including phenoxy) is 1. The molecule has 1 atom stereocenters. The second-order valence-electron chi connectivity index (χ2n) is 4.07. The lowest BCUT2D eigenvalue weighted by molar-refractivity contribution is -0.140. The smallest absolute Gasteiger partial charge is 0.304 e. The van der Waals surface area contributed by atoms with E-state index in [0.717, 1.165) is 11.3 Å². The summed E-state index contributed by atoms with van der Waals surface area (Å²) in [5.41, 5.74) is 0.908. The van der Waals surface area contributed by atoms with Gasteiger partial charge < -0.3 is 15.2 Å². The molecule has 1 aromatic rings. The van der Waals surface area contributed by atoms with Crippen molar-refractivity contribution in [2.45, 2.75) is 19.9 Å². The molecule has 0 saturated carbocycles. The Balaban J connectivity index is 2.49. The van der Waals surface area contributed by atoms with Crippen LogP contribution in [0.1, 0.15) is 18.9 Å². The van der Waals surface area contributed by atoms with Crippen LogP contribution >= 0.6 is 0 Å². The van der Waals surface area contributed by atoms with Crippen LogP contribution in [0.5, 0.6) is 5.75 Å². The van der Waals surface area contributed by atoms with Gasteiger partial charge in [0.25, 0.3) is 0 Å². The first-order chi connectivity index (χ1) is 8.52. The Morgan fingerprint density at radius 2 is 2.17 bits per heavy atom. The minimum Gasteiger partial charge on any atom is -0.497 e. The van der Waals surface area contributed by atoms with Crippen LogP contribution in [0.25, 0.3) is 0 Å². The van der Waals surface area contributed by atoms with Crippen molar-refractivity contribution >= 4 is 11.9 Å². The number of nitrogens with one attached hydrogen (secondary N) is 1. The quantitative estimate of drug-likeness (QED) is 0.801. The zero-order chi connectivity index (χ0) is 13.5. The molecular formula is C13H17NO4. The predicted octanol–water partition coefficient (Wildman–Crippen LogP) is 1.42. The van der Waals surface area contributed by atoms with E-state index >= 15 is 0 Å². The molecule has 0 bridgehead atoms. The van der Waals surface area contributed by atoms with Crippen LogP contribution in [0.3, 0.4) is 0 Å². The number of methoxy groups -OCH3 is 1. The molecule has 0 fully saturated rings. The molecule has 0 aliphatic heterocycles. The number of rotatable bonds is 6. The molecule has 0 radical (unpaired) electrons. The van der Waals surface area contributed by atoms with Gasteiger partial charge in [0.05, 0.1) is 13.5 Å². The van der Waals surface area contributed by atoms with Crippen molar-refractivity contribution in [1.29, 1.82) is 0 Å². The number of carboxylic acid groups (broad SMARTS) is 1. The van der Waals surface area contributed by atoms with E-state index in [0.29, 0.717) is 6.54 Å². The molecule has 5 heteroatoms. The van der Waals surface area contributed by atoms with Gasteiger partial charge in [0, 0.05) is 12.5 Å². The highest BCUT2D eigenvalue weighted by Crippen LogP contribution is 2.12. The van der Waals surface area contributed by atoms with Crippen LogP contribution in [0.2, 0.25) is 0 Å². The molecule has 98 valence electrons. The van der Waals surface area contributed by atoms with Gasteiger partial charge in [-0.2, -0.15) is 0 Å². The van der Waals surface area contributed by atoms with Crippen molar-refractivity contribution in [2.75, 3.05) is 7.11 Å². The summed E-state index contributed by atoms with van der Waals surface area (Å²) in [6.45, 7) is 1.95. The van der Waals surface area contributed by atoms with Crippen LogP contribution < -0.4 is 10.1 Å². The van der Waals surface area contributed by atoms with Crippen molar-refractivity contribution in [3.05, 3.63) is 29.8 Å². The summed E-state index contributed by atoms with van der Waals surface area (Å²) in [7, 11) is 1.58. The summed E-state index contributed by atoms with van der Waals surface area (Å²) in [5, 5.41) is 11.3. The molecule has 18 heavy (non-hydrogen) atoms. The fourth-order valence-corrected chi connectivity index (χ4v) is 1.50. The summed E-state index contributed by atoms with van der Waals surface area (Å²) in [6, 6.07) is 7.34. The van der Waals surface area contributed by atoms with Gasteiger partial charge in [0.2, 0.25) is 5.91 Å². The Hall–Kier alpha value is -2.04. The van der Waals surface area contributed by atoms with Gasteiger partial charge in [-0.15, -0.1) is 0 Å². The molecule has 0 aliphatic carbocycles. The number of amides is 1. The van der Waals surface area contributed by atoms with E-state index < -0.39 is 11.9 Å². The molecule has 1 unspecified atom stereocenters. The highest BCUT2D eigenvalue weighted by molar-refractivity contribution is 5.82. The third kappa shape index (κ3) is 4.45. The molecule has 2 N–H and O–H groups in total. The fourth-order valence-electron chi connectivity index (χ4n) is 1.50. The SMILES string of the molecule is COc1cccc(CNC(=O)C(C)CC(=O)O)c1. The summed E-state index contributed by atoms with van der Waals surface area (Å²) in [5.74, 6) is -1.05. The van der Waals surface area contributed by atoms with Crippen molar-refractivity contribution in [3.8, 4) is 5.75 Å². The van der Waals surface area contributed by atoms with Gasteiger partial charge in [-0.25, -0.2) is 0 Å². The lowest BCUT2D eigenvalue weighted by Gasteiger charge is -2.10. The molecule has 1 aromatic carbocycles. The molecule has 5 nitrogen and oxygen atoms in total. The minimum atomic E-state index is -0.973. The van der Waals surface area contributed by atoms with Gasteiger partial charge in [-0.1, -0.05) is 19.1 Å². The topological polar surface area (TPSA) is 75.6 Å². The maximum atomic E-state index is 11.6. The number of carboxylic acids is 1. The third-order valence-electron chi connectivity index (χ3n) is 2.53. The predicted molar refractivity (Wildman–Crippen MR) is 66.3 cm³/mol. The van der Waals surface area contributed by atoms with Crippen LogP contribution in [-0.2, 0) is 16.1 Å². The van der Waals surface area contributed by atoms with Crippen molar-refractivity contribution in [3.63, 3.8) is 0 Å². The lowest BCUT2D eigenvalue weighted by atomic mass is 10.1. The second-order valence-corrected chi connectivity index (χ2v) is 4.07. The van der Waals surface area contributed by atoms with Crippen molar-refractivity contribution < 1.29 is 19.4 Å². The van der Waals surface area contributed by atoms with Gasteiger partial charge >= 0.3 is 5.97 Å². The zero-order valence-electron chi connectivity index (χ0n) is 10.5. The summed E-state index contributed by atoms with van der Waals surface area (Å²) >= 11 is 0. The van der Waals surface area contributed by atoms with Crippen LogP contribution in [0, 0.1) is 5.92 Å². The van der Waals surface area contributed by atoms with E-state index in [1.807, 2.05) is 24.3 Å². The highest BCUT2D eigenvalue weighted by Gasteiger charge is 2.15. The number of benzene rings is 1. The average molecular weight is 251 g/mol. The fraction of sp³-hybridized carbons (Fsp3) is 0.385. The Morgan fingerprint density at radius 3 is 2.78 bits per heavy atom. The Morgan fingerprint density at radius 1 is 1.44 bits per heavy atom. The van der Waals surface area contributed by atoms with E-state index in [9.17, 15) is 9.59 Å². The van der Waals surface area contributed by atoms with E-state index in [4.69, 9.17) is 9.84 Å². The Bertz CT molecular complexity index is 431. The molecule has 1 rings (SSSR count). The van der Waals surface area contributed by atoms with Gasteiger partial charge in [-0.3, -0.25) is 9.59 Å². The molecule has 0 aliphatic rings. The van der Waals surface area contributed by atoms with Gasteiger partial charge in [0.15, 0.2) is 0 Å². The molecule has 0 spiro atoms. The maximum Gasteiger partial charge on any atom is 0.304 e. The Labute approximate surface area is 106 Å². The maximum absolute atomic E-state index is 11.6. The minimum absolute atomic E-state index is 0.163. The molecule has 0 aromatic heterocycles. The second kappa shape index (κ2) is 6.64. The summed E-state index contributed by atoms with van der Waals surface area (Å²) < 4.78 is 5.07. The zero-order valence-corrected chi connectivity index (χ0v) is 10.5. The molecule has 1 amide bonds. The van der Waals surface area contributed by atoms with Gasteiger partial charge in [-0.05, 0) is 17.7 Å². The average Bonchev–Trinajstić information content (AvgIpc) is 2.35. The summed E-state index contributed by atoms with van der Waals surface area (Å²) in [6.07, 6.45) is -0.163. The first-order valence-electron chi connectivity index (χ1n) is 5.65. The van der Waals surface area contributed by atoms with Crippen molar-refractivity contribution in [2.24, 2.45) is 5.92 Å². The first kappa shape index (κ1) is 14.0. The number of carbonyl (C=O) groups is 2. The van der Waals surface area contributed by atoms with Crippen LogP contribution in [-0.4, -0.2) is 24.1 Å². The number of carbonyl (C=O) groups excluding carboxylic acids is 1. The largest absolute Gasteiger partial charge is 0.497 e. The monoisotopic (exact) mass is 251 g/mol. The van der Waals surface area contributed by atoms with Gasteiger partial charge in [0.1, 0.15) is 5.75 Å². The number of aliphatic carboxylic acids is 1. The van der Waals surface area contributed by atoms with E-state index in [2.05, 4.69) is 5.32 Å². The normalized spacial score (nSPS) is 11.7. The van der Waals surface area contributed by atoms with Crippen LogP contribution in [0.4, 0.5) is 0 Å². The molecular weight excluding hydrogens is 234 g/mol. The molecule has 0 saturated heterocycles. The van der Waals surface area contributed by atoms with E-state index in [-0.39, 0.29) is 12.3 Å². The lowest BCUT2D eigenvalue weighted by Crippen LogP contribution is -2.30. The Kier molecular flexibility index (Phi) is 5.17. The van der Waals surface area contributed by atoms with E-state index in [1.165, 1.54) is 0 Å². The highest BCUT2D eigenvalue weighted by atomic mass is 16.5.